The van der Waals surface area contributed by atoms with E-state index in [1.54, 1.807) is 11.5 Å². The van der Waals surface area contributed by atoms with Crippen molar-refractivity contribution in [1.82, 2.24) is 18.8 Å². The molecule has 3 aromatic rings. The van der Waals surface area contributed by atoms with Crippen LogP contribution < -0.4 is 10.5 Å². The van der Waals surface area contributed by atoms with Crippen LogP contribution in [-0.2, 0) is 6.54 Å². The topological polar surface area (TPSA) is 54.3 Å². The Hall–Kier alpha value is -2.32. The van der Waals surface area contributed by atoms with Crippen LogP contribution in [0.2, 0.25) is 0 Å². The van der Waals surface area contributed by atoms with Gasteiger partial charge in [-0.3, -0.25) is 13.7 Å². The molecule has 0 amide bonds. The monoisotopic (exact) mass is 387 g/mol. The number of unbranched alkanes of at least 4 members (excludes halogenated alkanes) is 1. The number of aromatic nitrogens is 3. The highest BCUT2D eigenvalue weighted by molar-refractivity contribution is 7.13. The normalized spacial score (nSPS) is 15.5. The van der Waals surface area contributed by atoms with Gasteiger partial charge in [-0.2, -0.15) is 0 Å². The van der Waals surface area contributed by atoms with Crippen LogP contribution in [0.5, 0.6) is 0 Å². The smallest absolute Gasteiger partial charge is 0.268 e. The summed E-state index contributed by atoms with van der Waals surface area (Å²) in [5, 5.41) is 0.821. The summed E-state index contributed by atoms with van der Waals surface area (Å²) in [5.74, 6) is 0.190. The maximum Gasteiger partial charge on any atom is 0.268 e. The van der Waals surface area contributed by atoms with E-state index in [1.807, 2.05) is 28.2 Å². The molecule has 6 nitrogen and oxygen atoms in total. The standard InChI is InChI=1S/C19H22FN5OS/c20-15-13-21-19(22-14-15)24-11-9-23(10-12-24)7-3-4-8-25-18(26)16-5-1-2-6-17(16)27-25/h1-2,5-6,13-14H,3-4,7-12H2. The van der Waals surface area contributed by atoms with Crippen LogP contribution in [0.4, 0.5) is 10.3 Å². The van der Waals surface area contributed by atoms with Crippen molar-refractivity contribution in [1.29, 1.82) is 0 Å². The van der Waals surface area contributed by atoms with Crippen LogP contribution in [0.15, 0.2) is 41.5 Å². The van der Waals surface area contributed by atoms with Gasteiger partial charge in [0, 0.05) is 32.7 Å². The summed E-state index contributed by atoms with van der Waals surface area (Å²) < 4.78 is 15.9. The zero-order chi connectivity index (χ0) is 18.6. The fraction of sp³-hybridized carbons (Fsp3) is 0.421. The van der Waals surface area contributed by atoms with Crippen LogP contribution in [0, 0.1) is 5.82 Å². The number of fused-ring (bicyclic) bond motifs is 1. The molecule has 0 bridgehead atoms. The number of aryl methyl sites for hydroxylation is 1. The highest BCUT2D eigenvalue weighted by Crippen LogP contribution is 2.16. The van der Waals surface area contributed by atoms with E-state index in [0.717, 1.165) is 62.2 Å². The Morgan fingerprint density at radius 1 is 1.00 bits per heavy atom. The van der Waals surface area contributed by atoms with Crippen LogP contribution in [0.25, 0.3) is 10.1 Å². The minimum absolute atomic E-state index is 0.128. The summed E-state index contributed by atoms with van der Waals surface area (Å²) >= 11 is 1.55. The van der Waals surface area contributed by atoms with Gasteiger partial charge in [0.15, 0.2) is 5.82 Å². The summed E-state index contributed by atoms with van der Waals surface area (Å²) in [6.45, 7) is 5.40. The van der Waals surface area contributed by atoms with E-state index < -0.39 is 5.82 Å². The summed E-state index contributed by atoms with van der Waals surface area (Å²) in [6.07, 6.45) is 4.48. The molecule has 142 valence electrons. The third kappa shape index (κ3) is 4.17. The van der Waals surface area contributed by atoms with E-state index in [4.69, 9.17) is 0 Å². The van der Waals surface area contributed by atoms with Gasteiger partial charge in [0.05, 0.1) is 22.5 Å². The molecule has 0 atom stereocenters. The van der Waals surface area contributed by atoms with Gasteiger partial charge in [-0.05, 0) is 31.5 Å². The summed E-state index contributed by atoms with van der Waals surface area (Å²) in [4.78, 5) is 25.0. The molecule has 1 aliphatic rings. The van der Waals surface area contributed by atoms with Crippen molar-refractivity contribution in [2.75, 3.05) is 37.6 Å². The second kappa shape index (κ2) is 8.14. The van der Waals surface area contributed by atoms with Crippen LogP contribution in [-0.4, -0.2) is 51.5 Å². The van der Waals surface area contributed by atoms with Gasteiger partial charge >= 0.3 is 0 Å². The van der Waals surface area contributed by atoms with Gasteiger partial charge in [0.1, 0.15) is 0 Å². The molecule has 0 aliphatic carbocycles. The maximum absolute atomic E-state index is 12.9. The molecule has 0 spiro atoms. The predicted molar refractivity (Wildman–Crippen MR) is 106 cm³/mol. The van der Waals surface area contributed by atoms with Crippen molar-refractivity contribution in [3.63, 3.8) is 0 Å². The molecule has 2 aromatic heterocycles. The lowest BCUT2D eigenvalue weighted by Crippen LogP contribution is -2.47. The van der Waals surface area contributed by atoms with E-state index in [1.165, 1.54) is 12.4 Å². The molecule has 3 heterocycles. The minimum Gasteiger partial charge on any atom is -0.338 e. The first-order chi connectivity index (χ1) is 13.2. The molecule has 0 radical (unpaired) electrons. The number of rotatable bonds is 6. The van der Waals surface area contributed by atoms with E-state index in [9.17, 15) is 9.18 Å². The van der Waals surface area contributed by atoms with Crippen molar-refractivity contribution < 1.29 is 4.39 Å². The van der Waals surface area contributed by atoms with Gasteiger partial charge in [-0.1, -0.05) is 23.7 Å². The maximum atomic E-state index is 12.9. The van der Waals surface area contributed by atoms with Crippen molar-refractivity contribution in [3.05, 3.63) is 52.8 Å². The molecule has 27 heavy (non-hydrogen) atoms. The SMILES string of the molecule is O=c1c2ccccc2sn1CCCCN1CCN(c2ncc(F)cn2)CC1. The van der Waals surface area contributed by atoms with E-state index in [0.29, 0.717) is 5.95 Å². The number of halogens is 1. The Morgan fingerprint density at radius 2 is 1.70 bits per heavy atom. The van der Waals surface area contributed by atoms with Gasteiger partial charge in [-0.25, -0.2) is 14.4 Å². The summed E-state index contributed by atoms with van der Waals surface area (Å²) in [6, 6.07) is 7.79. The van der Waals surface area contributed by atoms with Crippen molar-refractivity contribution in [2.24, 2.45) is 0 Å². The van der Waals surface area contributed by atoms with Crippen LogP contribution in [0.1, 0.15) is 12.8 Å². The van der Waals surface area contributed by atoms with Gasteiger partial charge in [-0.15, -0.1) is 0 Å². The van der Waals surface area contributed by atoms with Crippen molar-refractivity contribution >= 4 is 27.6 Å². The zero-order valence-electron chi connectivity index (χ0n) is 15.1. The zero-order valence-corrected chi connectivity index (χ0v) is 15.9. The Labute approximate surface area is 161 Å². The molecular weight excluding hydrogens is 365 g/mol. The lowest BCUT2D eigenvalue weighted by Gasteiger charge is -2.34. The number of hydrogen-bond acceptors (Lipinski definition) is 6. The molecule has 4 rings (SSSR count). The highest BCUT2D eigenvalue weighted by Gasteiger charge is 2.18. The quantitative estimate of drug-likeness (QED) is 0.609. The number of nitrogens with zero attached hydrogens (tertiary/aromatic N) is 5. The summed E-state index contributed by atoms with van der Waals surface area (Å²) in [5.41, 5.74) is 0.128. The Morgan fingerprint density at radius 3 is 2.44 bits per heavy atom. The van der Waals surface area contributed by atoms with Gasteiger partial charge < -0.3 is 4.90 Å². The molecule has 0 N–H and O–H groups in total. The molecule has 1 fully saturated rings. The first kappa shape index (κ1) is 18.1. The lowest BCUT2D eigenvalue weighted by molar-refractivity contribution is 0.250. The van der Waals surface area contributed by atoms with Crippen LogP contribution in [0.3, 0.4) is 0 Å². The van der Waals surface area contributed by atoms with Gasteiger partial charge in [0.2, 0.25) is 5.95 Å². The predicted octanol–water partition coefficient (Wildman–Crippen LogP) is 2.59. The molecule has 8 heteroatoms. The number of benzene rings is 1. The summed E-state index contributed by atoms with van der Waals surface area (Å²) in [7, 11) is 0. The number of hydrogen-bond donors (Lipinski definition) is 0. The second-order valence-electron chi connectivity index (χ2n) is 6.73. The molecule has 0 saturated carbocycles. The second-order valence-corrected chi connectivity index (χ2v) is 7.79. The molecule has 1 aromatic carbocycles. The third-order valence-corrected chi connectivity index (χ3v) is 6.02. The van der Waals surface area contributed by atoms with E-state index >= 15 is 0 Å². The lowest BCUT2D eigenvalue weighted by atomic mass is 10.2. The number of anilines is 1. The molecule has 1 saturated heterocycles. The third-order valence-electron chi connectivity index (χ3n) is 4.90. The Kier molecular flexibility index (Phi) is 5.45. The van der Waals surface area contributed by atoms with Gasteiger partial charge in [0.25, 0.3) is 5.56 Å². The van der Waals surface area contributed by atoms with E-state index in [-0.39, 0.29) is 5.56 Å². The molecule has 0 unspecified atom stereocenters. The average molecular weight is 387 g/mol. The fourth-order valence-corrected chi connectivity index (χ4v) is 4.43. The largest absolute Gasteiger partial charge is 0.338 e. The first-order valence-electron chi connectivity index (χ1n) is 9.24. The van der Waals surface area contributed by atoms with Crippen LogP contribution >= 0.6 is 11.5 Å². The van der Waals surface area contributed by atoms with Crippen molar-refractivity contribution in [3.8, 4) is 0 Å². The first-order valence-corrected chi connectivity index (χ1v) is 10.0. The molecular formula is C19H22FN5OS. The highest BCUT2D eigenvalue weighted by atomic mass is 32.1. The fourth-order valence-electron chi connectivity index (χ4n) is 3.40. The Bertz CT molecular complexity index is 947. The number of piperazine rings is 1. The van der Waals surface area contributed by atoms with Crippen molar-refractivity contribution in [2.45, 2.75) is 19.4 Å². The average Bonchev–Trinajstić information content (AvgIpc) is 3.02. The Balaban J connectivity index is 1.22. The van der Waals surface area contributed by atoms with E-state index in [2.05, 4.69) is 19.8 Å². The molecule has 1 aliphatic heterocycles. The minimum atomic E-state index is -0.407.